The lowest BCUT2D eigenvalue weighted by Crippen LogP contribution is -2.25. The highest BCUT2D eigenvalue weighted by molar-refractivity contribution is 6.30. The lowest BCUT2D eigenvalue weighted by atomic mass is 10.0. The molecule has 0 bridgehead atoms. The van der Waals surface area contributed by atoms with E-state index in [4.69, 9.17) is 11.6 Å². The van der Waals surface area contributed by atoms with Crippen LogP contribution in [0, 0.1) is 0 Å². The van der Waals surface area contributed by atoms with Crippen molar-refractivity contribution in [2.45, 2.75) is 19.4 Å². The Morgan fingerprint density at radius 2 is 2.19 bits per heavy atom. The van der Waals surface area contributed by atoms with Crippen LogP contribution in [0.3, 0.4) is 0 Å². The summed E-state index contributed by atoms with van der Waals surface area (Å²) in [6.07, 6.45) is 1.10. The molecule has 3 heteroatoms. The molecular formula is C13H21ClN2. The third kappa shape index (κ3) is 4.12. The molecular weight excluding hydrogens is 220 g/mol. The minimum atomic E-state index is 0.382. The summed E-state index contributed by atoms with van der Waals surface area (Å²) < 4.78 is 0. The van der Waals surface area contributed by atoms with Gasteiger partial charge in [0.1, 0.15) is 0 Å². The molecule has 0 aromatic heterocycles. The van der Waals surface area contributed by atoms with Gasteiger partial charge in [0.05, 0.1) is 0 Å². The third-order valence-corrected chi connectivity index (χ3v) is 3.17. The van der Waals surface area contributed by atoms with Crippen LogP contribution in [-0.4, -0.2) is 32.1 Å². The summed E-state index contributed by atoms with van der Waals surface area (Å²) in [4.78, 5) is 2.31. The Morgan fingerprint density at radius 3 is 2.75 bits per heavy atom. The standard InChI is InChI=1S/C13H21ClN2/c1-4-16(3)9-8-13(15-2)11-6-5-7-12(14)10-11/h5-7,10,13,15H,4,8-9H2,1-3H3. The van der Waals surface area contributed by atoms with Gasteiger partial charge in [-0.2, -0.15) is 0 Å². The summed E-state index contributed by atoms with van der Waals surface area (Å²) in [5.74, 6) is 0. The van der Waals surface area contributed by atoms with Crippen LogP contribution in [0.1, 0.15) is 24.9 Å². The van der Waals surface area contributed by atoms with Crippen LogP contribution in [-0.2, 0) is 0 Å². The Hall–Kier alpha value is -0.570. The Balaban J connectivity index is 2.60. The first-order chi connectivity index (χ1) is 7.67. The van der Waals surface area contributed by atoms with Gasteiger partial charge in [-0.25, -0.2) is 0 Å². The maximum Gasteiger partial charge on any atom is 0.0409 e. The van der Waals surface area contributed by atoms with E-state index in [1.54, 1.807) is 0 Å². The second-order valence-corrected chi connectivity index (χ2v) is 4.52. The van der Waals surface area contributed by atoms with Gasteiger partial charge < -0.3 is 10.2 Å². The molecule has 1 aromatic rings. The fourth-order valence-corrected chi connectivity index (χ4v) is 1.91. The van der Waals surface area contributed by atoms with Crippen molar-refractivity contribution < 1.29 is 0 Å². The molecule has 16 heavy (non-hydrogen) atoms. The van der Waals surface area contributed by atoms with Gasteiger partial charge in [0.25, 0.3) is 0 Å². The Morgan fingerprint density at radius 1 is 1.44 bits per heavy atom. The molecule has 1 atom stereocenters. The van der Waals surface area contributed by atoms with E-state index in [0.717, 1.165) is 24.5 Å². The maximum absolute atomic E-state index is 6.00. The van der Waals surface area contributed by atoms with Gasteiger partial charge in [-0.15, -0.1) is 0 Å². The molecule has 90 valence electrons. The smallest absolute Gasteiger partial charge is 0.0409 e. The van der Waals surface area contributed by atoms with Crippen LogP contribution in [0.25, 0.3) is 0 Å². The fraction of sp³-hybridized carbons (Fsp3) is 0.538. The number of hydrogen-bond acceptors (Lipinski definition) is 2. The van der Waals surface area contributed by atoms with Gasteiger partial charge in [-0.1, -0.05) is 30.7 Å². The molecule has 1 rings (SSSR count). The fourth-order valence-electron chi connectivity index (χ4n) is 1.71. The van der Waals surface area contributed by atoms with Crippen molar-refractivity contribution in [3.8, 4) is 0 Å². The van der Waals surface area contributed by atoms with Crippen molar-refractivity contribution in [2.75, 3.05) is 27.2 Å². The molecule has 0 saturated carbocycles. The minimum absolute atomic E-state index is 0.382. The van der Waals surface area contributed by atoms with E-state index < -0.39 is 0 Å². The predicted molar refractivity (Wildman–Crippen MR) is 71.0 cm³/mol. The molecule has 0 spiro atoms. The molecule has 1 N–H and O–H groups in total. The van der Waals surface area contributed by atoms with E-state index in [9.17, 15) is 0 Å². The SMILES string of the molecule is CCN(C)CCC(NC)c1cccc(Cl)c1. The van der Waals surface area contributed by atoms with Crippen LogP contribution < -0.4 is 5.32 Å². The normalized spacial score (nSPS) is 13.1. The van der Waals surface area contributed by atoms with E-state index in [0.29, 0.717) is 6.04 Å². The summed E-state index contributed by atoms with van der Waals surface area (Å²) in [7, 11) is 4.14. The number of benzene rings is 1. The highest BCUT2D eigenvalue weighted by Gasteiger charge is 2.09. The lowest BCUT2D eigenvalue weighted by molar-refractivity contribution is 0.326. The van der Waals surface area contributed by atoms with Crippen LogP contribution in [0.15, 0.2) is 24.3 Å². The van der Waals surface area contributed by atoms with Crippen LogP contribution >= 0.6 is 11.6 Å². The van der Waals surface area contributed by atoms with Crippen molar-refractivity contribution in [2.24, 2.45) is 0 Å². The molecule has 0 aliphatic carbocycles. The van der Waals surface area contributed by atoms with Gasteiger partial charge >= 0.3 is 0 Å². The average molecular weight is 241 g/mol. The summed E-state index contributed by atoms with van der Waals surface area (Å²) in [6.45, 7) is 4.36. The summed E-state index contributed by atoms with van der Waals surface area (Å²) in [5, 5.41) is 4.15. The zero-order chi connectivity index (χ0) is 12.0. The Kier molecular flexibility index (Phi) is 5.81. The highest BCUT2D eigenvalue weighted by Crippen LogP contribution is 2.20. The van der Waals surface area contributed by atoms with Gasteiger partial charge in [0, 0.05) is 11.1 Å². The zero-order valence-corrected chi connectivity index (χ0v) is 11.1. The molecule has 0 fully saturated rings. The van der Waals surface area contributed by atoms with Crippen LogP contribution in [0.5, 0.6) is 0 Å². The molecule has 1 aromatic carbocycles. The molecule has 0 saturated heterocycles. The predicted octanol–water partition coefficient (Wildman–Crippen LogP) is 2.94. The first-order valence-corrected chi connectivity index (χ1v) is 6.16. The zero-order valence-electron chi connectivity index (χ0n) is 10.3. The molecule has 0 heterocycles. The van der Waals surface area contributed by atoms with E-state index >= 15 is 0 Å². The molecule has 0 radical (unpaired) electrons. The topological polar surface area (TPSA) is 15.3 Å². The van der Waals surface area contributed by atoms with E-state index in [2.05, 4.69) is 30.3 Å². The number of rotatable bonds is 6. The second kappa shape index (κ2) is 6.89. The molecule has 0 aliphatic rings. The quantitative estimate of drug-likeness (QED) is 0.823. The average Bonchev–Trinajstić information content (AvgIpc) is 2.29. The number of halogens is 1. The van der Waals surface area contributed by atoms with Crippen molar-refractivity contribution in [1.82, 2.24) is 10.2 Å². The molecule has 1 unspecified atom stereocenters. The van der Waals surface area contributed by atoms with Crippen molar-refractivity contribution >= 4 is 11.6 Å². The van der Waals surface area contributed by atoms with Crippen molar-refractivity contribution in [3.63, 3.8) is 0 Å². The van der Waals surface area contributed by atoms with Gasteiger partial charge in [-0.05, 0) is 51.3 Å². The molecule has 2 nitrogen and oxygen atoms in total. The lowest BCUT2D eigenvalue weighted by Gasteiger charge is -2.20. The first-order valence-electron chi connectivity index (χ1n) is 5.78. The number of hydrogen-bond donors (Lipinski definition) is 1. The van der Waals surface area contributed by atoms with E-state index in [1.807, 2.05) is 25.2 Å². The highest BCUT2D eigenvalue weighted by atomic mass is 35.5. The maximum atomic E-state index is 6.00. The van der Waals surface area contributed by atoms with E-state index in [-0.39, 0.29) is 0 Å². The van der Waals surface area contributed by atoms with Crippen molar-refractivity contribution in [1.29, 1.82) is 0 Å². The minimum Gasteiger partial charge on any atom is -0.313 e. The van der Waals surface area contributed by atoms with Gasteiger partial charge in [-0.3, -0.25) is 0 Å². The summed E-state index contributed by atoms with van der Waals surface area (Å²) >= 11 is 6.00. The second-order valence-electron chi connectivity index (χ2n) is 4.08. The monoisotopic (exact) mass is 240 g/mol. The first kappa shape index (κ1) is 13.5. The number of nitrogens with one attached hydrogen (secondary N) is 1. The molecule has 0 aliphatic heterocycles. The van der Waals surface area contributed by atoms with Crippen LogP contribution in [0.2, 0.25) is 5.02 Å². The third-order valence-electron chi connectivity index (χ3n) is 2.94. The number of nitrogens with zero attached hydrogens (tertiary/aromatic N) is 1. The summed E-state index contributed by atoms with van der Waals surface area (Å²) in [5.41, 5.74) is 1.26. The van der Waals surface area contributed by atoms with Crippen LogP contribution in [0.4, 0.5) is 0 Å². The van der Waals surface area contributed by atoms with Crippen molar-refractivity contribution in [3.05, 3.63) is 34.9 Å². The van der Waals surface area contributed by atoms with Gasteiger partial charge in [0.15, 0.2) is 0 Å². The summed E-state index contributed by atoms with van der Waals surface area (Å²) in [6, 6.07) is 8.46. The Labute approximate surface area is 104 Å². The molecule has 0 amide bonds. The Bertz CT molecular complexity index is 315. The van der Waals surface area contributed by atoms with E-state index in [1.165, 1.54) is 5.56 Å². The largest absolute Gasteiger partial charge is 0.313 e. The van der Waals surface area contributed by atoms with Gasteiger partial charge in [0.2, 0.25) is 0 Å².